The number of ether oxygens (including phenoxy) is 2. The van der Waals surface area contributed by atoms with E-state index in [9.17, 15) is 0 Å². The number of thiophene rings is 1. The lowest BCUT2D eigenvalue weighted by Crippen LogP contribution is -2.21. The highest BCUT2D eigenvalue weighted by atomic mass is 32.2. The standard InChI is InChI=1S/C9H12O2S2/c1-9(10-4-5-11-9)8-7(12-2)3-6-13-8/h3,6H,4-5H2,1-2H3. The molecule has 0 saturated carbocycles. The van der Waals surface area contributed by atoms with Gasteiger partial charge in [0.15, 0.2) is 0 Å². The number of hydrogen-bond acceptors (Lipinski definition) is 4. The van der Waals surface area contributed by atoms with E-state index in [1.165, 1.54) is 9.77 Å². The van der Waals surface area contributed by atoms with Crippen LogP contribution in [0.3, 0.4) is 0 Å². The first-order chi connectivity index (χ1) is 6.26. The Kier molecular flexibility index (Phi) is 2.65. The monoisotopic (exact) mass is 216 g/mol. The molecular weight excluding hydrogens is 204 g/mol. The molecule has 0 bridgehead atoms. The topological polar surface area (TPSA) is 18.5 Å². The van der Waals surface area contributed by atoms with Gasteiger partial charge < -0.3 is 9.47 Å². The highest BCUT2D eigenvalue weighted by Gasteiger charge is 2.36. The predicted molar refractivity (Wildman–Crippen MR) is 55.4 cm³/mol. The molecule has 1 aromatic rings. The average Bonchev–Trinajstić information content (AvgIpc) is 2.72. The van der Waals surface area contributed by atoms with Gasteiger partial charge in [0, 0.05) is 4.90 Å². The third kappa shape index (κ3) is 1.64. The van der Waals surface area contributed by atoms with Crippen LogP contribution in [-0.4, -0.2) is 19.5 Å². The van der Waals surface area contributed by atoms with Crippen LogP contribution in [0.2, 0.25) is 0 Å². The van der Waals surface area contributed by atoms with Crippen LogP contribution in [0, 0.1) is 0 Å². The van der Waals surface area contributed by atoms with Crippen molar-refractivity contribution in [1.29, 1.82) is 0 Å². The number of hydrogen-bond donors (Lipinski definition) is 0. The lowest BCUT2D eigenvalue weighted by Gasteiger charge is -2.21. The van der Waals surface area contributed by atoms with Crippen molar-refractivity contribution in [1.82, 2.24) is 0 Å². The number of thioether (sulfide) groups is 1. The van der Waals surface area contributed by atoms with Crippen LogP contribution in [0.1, 0.15) is 11.8 Å². The van der Waals surface area contributed by atoms with Crippen molar-refractivity contribution >= 4 is 23.1 Å². The molecular formula is C9H12O2S2. The lowest BCUT2D eigenvalue weighted by molar-refractivity contribution is -0.148. The normalized spacial score (nSPS) is 20.8. The van der Waals surface area contributed by atoms with Crippen molar-refractivity contribution in [2.45, 2.75) is 17.6 Å². The molecule has 0 aromatic carbocycles. The fourth-order valence-electron chi connectivity index (χ4n) is 1.43. The summed E-state index contributed by atoms with van der Waals surface area (Å²) in [6.07, 6.45) is 2.07. The van der Waals surface area contributed by atoms with Gasteiger partial charge in [0.25, 0.3) is 0 Å². The zero-order chi connectivity index (χ0) is 9.31. The molecule has 2 nitrogen and oxygen atoms in total. The summed E-state index contributed by atoms with van der Waals surface area (Å²) >= 11 is 3.44. The Morgan fingerprint density at radius 2 is 2.15 bits per heavy atom. The van der Waals surface area contributed by atoms with Gasteiger partial charge in [-0.15, -0.1) is 23.1 Å². The minimum absolute atomic E-state index is 0.494. The molecule has 0 atom stereocenters. The molecule has 1 aromatic heterocycles. The van der Waals surface area contributed by atoms with Crippen LogP contribution in [0.15, 0.2) is 16.3 Å². The maximum Gasteiger partial charge on any atom is 0.202 e. The Hall–Kier alpha value is -0.0300. The molecule has 1 saturated heterocycles. The summed E-state index contributed by atoms with van der Waals surface area (Å²) in [4.78, 5) is 2.45. The number of rotatable bonds is 2. The molecule has 0 N–H and O–H groups in total. The molecule has 2 rings (SSSR count). The van der Waals surface area contributed by atoms with Crippen LogP contribution < -0.4 is 0 Å². The van der Waals surface area contributed by atoms with Gasteiger partial charge in [-0.25, -0.2) is 0 Å². The van der Waals surface area contributed by atoms with Gasteiger partial charge in [-0.2, -0.15) is 0 Å². The molecule has 0 spiro atoms. The Morgan fingerprint density at radius 1 is 1.46 bits per heavy atom. The molecule has 13 heavy (non-hydrogen) atoms. The quantitative estimate of drug-likeness (QED) is 0.708. The van der Waals surface area contributed by atoms with E-state index in [-0.39, 0.29) is 0 Å². The maximum absolute atomic E-state index is 5.60. The van der Waals surface area contributed by atoms with Crippen LogP contribution >= 0.6 is 23.1 Å². The third-order valence-corrected chi connectivity index (χ3v) is 4.11. The summed E-state index contributed by atoms with van der Waals surface area (Å²) in [5.74, 6) is -0.494. The van der Waals surface area contributed by atoms with E-state index in [1.807, 2.05) is 6.92 Å². The molecule has 72 valence electrons. The summed E-state index contributed by atoms with van der Waals surface area (Å²) in [5, 5.41) is 2.08. The Bertz CT molecular complexity index is 290. The maximum atomic E-state index is 5.60. The molecule has 0 unspecified atom stereocenters. The molecule has 2 heterocycles. The Balaban J connectivity index is 2.32. The third-order valence-electron chi connectivity index (χ3n) is 2.10. The molecule has 0 aliphatic carbocycles. The largest absolute Gasteiger partial charge is 0.343 e. The first-order valence-electron chi connectivity index (χ1n) is 4.16. The van der Waals surface area contributed by atoms with E-state index < -0.39 is 5.79 Å². The van der Waals surface area contributed by atoms with Crippen molar-refractivity contribution in [3.63, 3.8) is 0 Å². The van der Waals surface area contributed by atoms with Crippen LogP contribution in [0.25, 0.3) is 0 Å². The highest BCUT2D eigenvalue weighted by molar-refractivity contribution is 7.98. The molecule has 1 aliphatic heterocycles. The molecule has 0 amide bonds. The molecule has 4 heteroatoms. The fourth-order valence-corrected chi connectivity index (χ4v) is 3.35. The summed E-state index contributed by atoms with van der Waals surface area (Å²) in [6.45, 7) is 3.38. The first kappa shape index (κ1) is 9.52. The second-order valence-electron chi connectivity index (χ2n) is 2.96. The van der Waals surface area contributed by atoms with E-state index >= 15 is 0 Å². The second-order valence-corrected chi connectivity index (χ2v) is 4.72. The summed E-state index contributed by atoms with van der Waals surface area (Å²) < 4.78 is 11.2. The second kappa shape index (κ2) is 3.61. The van der Waals surface area contributed by atoms with Crippen LogP contribution in [0.5, 0.6) is 0 Å². The average molecular weight is 216 g/mol. The van der Waals surface area contributed by atoms with E-state index in [0.717, 1.165) is 0 Å². The summed E-state index contributed by atoms with van der Waals surface area (Å²) in [5.41, 5.74) is 0. The first-order valence-corrected chi connectivity index (χ1v) is 6.26. The summed E-state index contributed by atoms with van der Waals surface area (Å²) in [6, 6.07) is 2.11. The SMILES string of the molecule is CSc1ccsc1C1(C)OCCO1. The van der Waals surface area contributed by atoms with E-state index in [0.29, 0.717) is 13.2 Å². The van der Waals surface area contributed by atoms with Gasteiger partial charge in [0.2, 0.25) is 5.79 Å². The van der Waals surface area contributed by atoms with Gasteiger partial charge in [0.05, 0.1) is 18.1 Å². The zero-order valence-corrected chi connectivity index (χ0v) is 9.33. The minimum atomic E-state index is -0.494. The van der Waals surface area contributed by atoms with Crippen LogP contribution in [0.4, 0.5) is 0 Å². The highest BCUT2D eigenvalue weighted by Crippen LogP contribution is 2.39. The van der Waals surface area contributed by atoms with E-state index in [2.05, 4.69) is 17.7 Å². The zero-order valence-electron chi connectivity index (χ0n) is 7.70. The van der Waals surface area contributed by atoms with Gasteiger partial charge in [0.1, 0.15) is 0 Å². The van der Waals surface area contributed by atoms with Gasteiger partial charge in [-0.3, -0.25) is 0 Å². The van der Waals surface area contributed by atoms with Crippen molar-refractivity contribution in [2.75, 3.05) is 19.5 Å². The summed E-state index contributed by atoms with van der Waals surface area (Å²) in [7, 11) is 0. The predicted octanol–water partition coefficient (Wildman–Crippen LogP) is 2.69. The minimum Gasteiger partial charge on any atom is -0.343 e. The van der Waals surface area contributed by atoms with Crippen LogP contribution in [-0.2, 0) is 15.3 Å². The van der Waals surface area contributed by atoms with E-state index in [4.69, 9.17) is 9.47 Å². The van der Waals surface area contributed by atoms with Crippen molar-refractivity contribution in [3.05, 3.63) is 16.3 Å². The smallest absolute Gasteiger partial charge is 0.202 e. The van der Waals surface area contributed by atoms with E-state index in [1.54, 1.807) is 23.1 Å². The Morgan fingerprint density at radius 3 is 2.77 bits per heavy atom. The lowest BCUT2D eigenvalue weighted by atomic mass is 10.2. The van der Waals surface area contributed by atoms with Gasteiger partial charge in [-0.05, 0) is 24.6 Å². The van der Waals surface area contributed by atoms with Crippen molar-refractivity contribution < 1.29 is 9.47 Å². The van der Waals surface area contributed by atoms with Gasteiger partial charge >= 0.3 is 0 Å². The van der Waals surface area contributed by atoms with Crippen molar-refractivity contribution in [3.8, 4) is 0 Å². The molecule has 0 radical (unpaired) electrons. The van der Waals surface area contributed by atoms with Gasteiger partial charge in [-0.1, -0.05) is 0 Å². The van der Waals surface area contributed by atoms with Crippen molar-refractivity contribution in [2.24, 2.45) is 0 Å². The Labute approximate surface area is 86.2 Å². The fraction of sp³-hybridized carbons (Fsp3) is 0.556. The molecule has 1 fully saturated rings. The molecule has 1 aliphatic rings.